The molecule has 0 atom stereocenters. The zero-order chi connectivity index (χ0) is 12.5. The molecule has 0 spiro atoms. The molecule has 1 aliphatic rings. The van der Waals surface area contributed by atoms with Crippen LogP contribution in [0.1, 0.15) is 18.7 Å². The van der Waals surface area contributed by atoms with E-state index in [0.29, 0.717) is 18.7 Å². The minimum absolute atomic E-state index is 0.169. The number of carbonyl (C=O) groups is 2. The molecule has 0 unspecified atom stereocenters. The van der Waals surface area contributed by atoms with Crippen LogP contribution in [-0.2, 0) is 18.4 Å². The van der Waals surface area contributed by atoms with Gasteiger partial charge in [0.2, 0.25) is 0 Å². The van der Waals surface area contributed by atoms with E-state index in [0.717, 1.165) is 0 Å². The van der Waals surface area contributed by atoms with Crippen LogP contribution >= 0.6 is 0 Å². The van der Waals surface area contributed by atoms with E-state index < -0.39 is 17.5 Å². The number of carboxylic acids is 1. The molecular formula is C9H13N5O3. The van der Waals surface area contributed by atoms with E-state index in [2.05, 4.69) is 20.7 Å². The normalized spacial score (nSPS) is 16.3. The molecule has 1 aliphatic carbocycles. The molecule has 1 heterocycles. The molecule has 1 fully saturated rings. The van der Waals surface area contributed by atoms with E-state index >= 15 is 0 Å². The lowest BCUT2D eigenvalue weighted by atomic mass is 10.3. The summed E-state index contributed by atoms with van der Waals surface area (Å²) in [5.74, 6) is -0.522. The van der Waals surface area contributed by atoms with Crippen LogP contribution in [0, 0.1) is 0 Å². The number of hydrogen-bond acceptors (Lipinski definition) is 4. The minimum atomic E-state index is -1.07. The Labute approximate surface area is 97.0 Å². The van der Waals surface area contributed by atoms with Crippen molar-refractivity contribution in [2.45, 2.75) is 24.9 Å². The number of aromatic nitrogens is 3. The van der Waals surface area contributed by atoms with Crippen LogP contribution in [-0.4, -0.2) is 37.4 Å². The maximum atomic E-state index is 11.4. The Morgan fingerprint density at radius 1 is 1.59 bits per heavy atom. The third-order valence-corrected chi connectivity index (χ3v) is 2.57. The second-order valence-electron chi connectivity index (χ2n) is 4.03. The van der Waals surface area contributed by atoms with E-state index in [1.807, 2.05) is 0 Å². The van der Waals surface area contributed by atoms with Crippen molar-refractivity contribution in [2.75, 3.05) is 0 Å². The number of amides is 2. The molecule has 1 aromatic heterocycles. The molecule has 17 heavy (non-hydrogen) atoms. The van der Waals surface area contributed by atoms with Gasteiger partial charge in [-0.15, -0.1) is 0 Å². The zero-order valence-corrected chi connectivity index (χ0v) is 9.30. The van der Waals surface area contributed by atoms with Crippen molar-refractivity contribution in [3.8, 4) is 0 Å². The first-order valence-electron chi connectivity index (χ1n) is 5.16. The molecule has 1 aromatic rings. The fraction of sp³-hybridized carbons (Fsp3) is 0.556. The van der Waals surface area contributed by atoms with Gasteiger partial charge in [-0.3, -0.25) is 4.68 Å². The monoisotopic (exact) mass is 239 g/mol. The van der Waals surface area contributed by atoms with Gasteiger partial charge < -0.3 is 15.7 Å². The molecule has 0 aliphatic heterocycles. The average molecular weight is 239 g/mol. The Balaban J connectivity index is 1.80. The highest BCUT2D eigenvalue weighted by Crippen LogP contribution is 2.35. The van der Waals surface area contributed by atoms with Gasteiger partial charge in [0.15, 0.2) is 5.82 Å². The van der Waals surface area contributed by atoms with Crippen molar-refractivity contribution in [1.29, 1.82) is 0 Å². The molecule has 2 rings (SSSR count). The van der Waals surface area contributed by atoms with Gasteiger partial charge in [0, 0.05) is 7.05 Å². The maximum Gasteiger partial charge on any atom is 0.329 e. The second-order valence-corrected chi connectivity index (χ2v) is 4.03. The molecule has 0 radical (unpaired) electrons. The minimum Gasteiger partial charge on any atom is -0.480 e. The number of rotatable bonds is 4. The average Bonchev–Trinajstić information content (AvgIpc) is 2.92. The third-order valence-electron chi connectivity index (χ3n) is 2.57. The smallest absolute Gasteiger partial charge is 0.329 e. The lowest BCUT2D eigenvalue weighted by molar-refractivity contribution is -0.140. The maximum absolute atomic E-state index is 11.4. The van der Waals surface area contributed by atoms with Gasteiger partial charge in [-0.25, -0.2) is 14.6 Å². The fourth-order valence-corrected chi connectivity index (χ4v) is 1.40. The van der Waals surface area contributed by atoms with Gasteiger partial charge in [0.25, 0.3) is 0 Å². The highest BCUT2D eigenvalue weighted by Gasteiger charge is 2.51. The van der Waals surface area contributed by atoms with Crippen LogP contribution in [0.15, 0.2) is 6.33 Å². The summed E-state index contributed by atoms with van der Waals surface area (Å²) in [5, 5.41) is 17.8. The summed E-state index contributed by atoms with van der Waals surface area (Å²) in [6, 6.07) is -0.516. The molecule has 0 aromatic carbocycles. The van der Waals surface area contributed by atoms with Crippen LogP contribution in [0.3, 0.4) is 0 Å². The molecule has 2 amide bonds. The summed E-state index contributed by atoms with van der Waals surface area (Å²) < 4.78 is 1.52. The Morgan fingerprint density at radius 3 is 2.76 bits per heavy atom. The Bertz CT molecular complexity index is 451. The number of aliphatic carboxylic acids is 1. The molecule has 0 saturated heterocycles. The number of carbonyl (C=O) groups excluding carboxylic acids is 1. The van der Waals surface area contributed by atoms with Gasteiger partial charge in [-0.05, 0) is 12.8 Å². The number of urea groups is 1. The van der Waals surface area contributed by atoms with Crippen molar-refractivity contribution in [3.05, 3.63) is 12.2 Å². The highest BCUT2D eigenvalue weighted by atomic mass is 16.4. The zero-order valence-electron chi connectivity index (χ0n) is 9.30. The Hall–Kier alpha value is -2.12. The SMILES string of the molecule is Cn1cnc(CNC(=O)NC2(C(=O)O)CC2)n1. The standard InChI is InChI=1S/C9H13N5O3/c1-14-5-11-6(13-14)4-10-8(17)12-9(2-3-9)7(15)16/h5H,2-4H2,1H3,(H,15,16)(H2,10,12,17). The van der Waals surface area contributed by atoms with Gasteiger partial charge >= 0.3 is 12.0 Å². The van der Waals surface area contributed by atoms with Gasteiger partial charge in [-0.2, -0.15) is 5.10 Å². The Kier molecular flexibility index (Phi) is 2.70. The van der Waals surface area contributed by atoms with Crippen molar-refractivity contribution in [3.63, 3.8) is 0 Å². The summed E-state index contributed by atoms with van der Waals surface area (Å²) in [6.07, 6.45) is 2.46. The van der Waals surface area contributed by atoms with Gasteiger partial charge in [0.1, 0.15) is 11.9 Å². The summed E-state index contributed by atoms with van der Waals surface area (Å²) >= 11 is 0. The number of carboxylic acid groups (broad SMARTS) is 1. The molecule has 92 valence electrons. The van der Waals surface area contributed by atoms with Crippen molar-refractivity contribution in [1.82, 2.24) is 25.4 Å². The second kappa shape index (κ2) is 4.04. The first kappa shape index (κ1) is 11.4. The number of nitrogens with zero attached hydrogens (tertiary/aromatic N) is 3. The number of aryl methyl sites for hydroxylation is 1. The van der Waals surface area contributed by atoms with Gasteiger partial charge in [0.05, 0.1) is 6.54 Å². The summed E-state index contributed by atoms with van der Waals surface area (Å²) in [7, 11) is 1.72. The third kappa shape index (κ3) is 2.52. The lowest BCUT2D eigenvalue weighted by Crippen LogP contribution is -2.47. The Morgan fingerprint density at radius 2 is 2.29 bits per heavy atom. The van der Waals surface area contributed by atoms with Crippen LogP contribution in [0.2, 0.25) is 0 Å². The first-order chi connectivity index (χ1) is 8.02. The van der Waals surface area contributed by atoms with E-state index in [9.17, 15) is 9.59 Å². The molecule has 1 saturated carbocycles. The molecule has 0 bridgehead atoms. The van der Waals surface area contributed by atoms with Crippen molar-refractivity contribution >= 4 is 12.0 Å². The van der Waals surface area contributed by atoms with Crippen LogP contribution in [0.5, 0.6) is 0 Å². The lowest BCUT2D eigenvalue weighted by Gasteiger charge is -2.12. The fourth-order valence-electron chi connectivity index (χ4n) is 1.40. The van der Waals surface area contributed by atoms with Crippen LogP contribution in [0.25, 0.3) is 0 Å². The highest BCUT2D eigenvalue weighted by molar-refractivity contribution is 5.88. The predicted octanol–water partition coefficient (Wildman–Crippen LogP) is -0.768. The molecule has 8 heteroatoms. The van der Waals surface area contributed by atoms with Crippen LogP contribution < -0.4 is 10.6 Å². The topological polar surface area (TPSA) is 109 Å². The summed E-state index contributed by atoms with van der Waals surface area (Å²) in [6.45, 7) is 0.169. The van der Waals surface area contributed by atoms with E-state index in [4.69, 9.17) is 5.11 Å². The van der Waals surface area contributed by atoms with Crippen molar-refractivity contribution < 1.29 is 14.7 Å². The van der Waals surface area contributed by atoms with E-state index in [-0.39, 0.29) is 6.54 Å². The van der Waals surface area contributed by atoms with Crippen molar-refractivity contribution in [2.24, 2.45) is 7.05 Å². The quantitative estimate of drug-likeness (QED) is 0.639. The van der Waals surface area contributed by atoms with E-state index in [1.165, 1.54) is 11.0 Å². The number of nitrogens with one attached hydrogen (secondary N) is 2. The number of hydrogen-bond donors (Lipinski definition) is 3. The molecular weight excluding hydrogens is 226 g/mol. The van der Waals surface area contributed by atoms with Crippen LogP contribution in [0.4, 0.5) is 4.79 Å². The van der Waals surface area contributed by atoms with Gasteiger partial charge in [-0.1, -0.05) is 0 Å². The van der Waals surface area contributed by atoms with E-state index in [1.54, 1.807) is 7.05 Å². The largest absolute Gasteiger partial charge is 0.480 e. The first-order valence-corrected chi connectivity index (χ1v) is 5.16. The molecule has 3 N–H and O–H groups in total. The predicted molar refractivity (Wildman–Crippen MR) is 56.0 cm³/mol. The molecule has 8 nitrogen and oxygen atoms in total. The summed E-state index contributed by atoms with van der Waals surface area (Å²) in [4.78, 5) is 26.2. The summed E-state index contributed by atoms with van der Waals surface area (Å²) in [5.41, 5.74) is -1.07.